The molecular weight excluding hydrogens is 232 g/mol. The van der Waals surface area contributed by atoms with Crippen molar-refractivity contribution in [3.8, 4) is 0 Å². The second-order valence-electron chi connectivity index (χ2n) is 4.23. The highest BCUT2D eigenvalue weighted by Gasteiger charge is 2.12. The van der Waals surface area contributed by atoms with Crippen molar-refractivity contribution in [1.82, 2.24) is 9.78 Å². The number of aromatic nitrogens is 2. The summed E-state index contributed by atoms with van der Waals surface area (Å²) in [6.07, 6.45) is 3.38. The average Bonchev–Trinajstić information content (AvgIpc) is 2.96. The summed E-state index contributed by atoms with van der Waals surface area (Å²) < 4.78 is 7.02. The van der Waals surface area contributed by atoms with Gasteiger partial charge in [-0.25, -0.2) is 0 Å². The van der Waals surface area contributed by atoms with Crippen molar-refractivity contribution in [1.29, 1.82) is 0 Å². The molecule has 2 heterocycles. The van der Waals surface area contributed by atoms with Gasteiger partial charge < -0.3 is 15.5 Å². The van der Waals surface area contributed by atoms with E-state index in [1.165, 1.54) is 0 Å². The fourth-order valence-electron chi connectivity index (χ4n) is 1.49. The smallest absolute Gasteiger partial charge is 0.291 e. The number of rotatable bonds is 4. The van der Waals surface area contributed by atoms with Gasteiger partial charge in [-0.15, -0.1) is 0 Å². The molecule has 0 unspecified atom stereocenters. The summed E-state index contributed by atoms with van der Waals surface area (Å²) in [7, 11) is 0. The number of furan rings is 1. The van der Waals surface area contributed by atoms with Crippen LogP contribution in [0.4, 0.5) is 5.69 Å². The predicted molar refractivity (Wildman–Crippen MR) is 67.2 cm³/mol. The van der Waals surface area contributed by atoms with Crippen LogP contribution in [0.3, 0.4) is 0 Å². The van der Waals surface area contributed by atoms with Crippen LogP contribution in [0.25, 0.3) is 0 Å². The normalized spacial score (nSPS) is 10.9. The van der Waals surface area contributed by atoms with Gasteiger partial charge in [0.25, 0.3) is 5.91 Å². The van der Waals surface area contributed by atoms with Gasteiger partial charge in [0.05, 0.1) is 18.4 Å². The Morgan fingerprint density at radius 1 is 1.56 bits per heavy atom. The van der Waals surface area contributed by atoms with E-state index in [1.807, 2.05) is 13.8 Å². The van der Waals surface area contributed by atoms with Crippen LogP contribution in [0, 0.1) is 0 Å². The number of nitrogens with zero attached hydrogens (tertiary/aromatic N) is 2. The molecule has 0 spiro atoms. The van der Waals surface area contributed by atoms with E-state index in [0.29, 0.717) is 11.4 Å². The molecule has 96 valence electrons. The van der Waals surface area contributed by atoms with Crippen molar-refractivity contribution in [3.05, 3.63) is 36.0 Å². The van der Waals surface area contributed by atoms with Gasteiger partial charge in [-0.3, -0.25) is 9.48 Å². The molecule has 0 fully saturated rings. The van der Waals surface area contributed by atoms with Crippen LogP contribution >= 0.6 is 0 Å². The number of carbonyl (C=O) groups is 1. The summed E-state index contributed by atoms with van der Waals surface area (Å²) in [5.41, 5.74) is 6.05. The predicted octanol–water partition coefficient (Wildman–Crippen LogP) is 1.77. The average molecular weight is 248 g/mol. The van der Waals surface area contributed by atoms with Crippen molar-refractivity contribution in [3.63, 3.8) is 0 Å². The van der Waals surface area contributed by atoms with Gasteiger partial charge >= 0.3 is 0 Å². The number of nitrogens with two attached hydrogens (primary N) is 1. The maximum absolute atomic E-state index is 11.8. The van der Waals surface area contributed by atoms with Gasteiger partial charge in [-0.2, -0.15) is 5.10 Å². The van der Waals surface area contributed by atoms with Crippen molar-refractivity contribution >= 4 is 11.6 Å². The first-order valence-corrected chi connectivity index (χ1v) is 5.74. The van der Waals surface area contributed by atoms with Crippen molar-refractivity contribution in [2.75, 3.05) is 5.32 Å². The maximum atomic E-state index is 11.8. The van der Waals surface area contributed by atoms with E-state index >= 15 is 0 Å². The fraction of sp³-hybridized carbons (Fsp3) is 0.333. The molecule has 1 amide bonds. The SMILES string of the molecule is CC(C)n1cc(NC(=O)c2ccc(CN)o2)cn1. The highest BCUT2D eigenvalue weighted by atomic mass is 16.4. The van der Waals surface area contributed by atoms with Gasteiger partial charge in [0.1, 0.15) is 5.76 Å². The van der Waals surface area contributed by atoms with E-state index < -0.39 is 0 Å². The number of hydrogen-bond acceptors (Lipinski definition) is 4. The third-order valence-corrected chi connectivity index (χ3v) is 2.48. The van der Waals surface area contributed by atoms with Crippen LogP contribution in [0.5, 0.6) is 0 Å². The monoisotopic (exact) mass is 248 g/mol. The van der Waals surface area contributed by atoms with E-state index in [4.69, 9.17) is 10.2 Å². The third-order valence-electron chi connectivity index (χ3n) is 2.48. The highest BCUT2D eigenvalue weighted by molar-refractivity contribution is 6.02. The molecule has 3 N–H and O–H groups in total. The zero-order chi connectivity index (χ0) is 13.1. The Bertz CT molecular complexity index is 542. The van der Waals surface area contributed by atoms with E-state index in [1.54, 1.807) is 29.2 Å². The van der Waals surface area contributed by atoms with Crippen molar-refractivity contribution in [2.24, 2.45) is 5.73 Å². The van der Waals surface area contributed by atoms with Crippen LogP contribution in [0.15, 0.2) is 28.9 Å². The quantitative estimate of drug-likeness (QED) is 0.863. The minimum Gasteiger partial charge on any atom is -0.455 e. The molecular formula is C12H16N4O2. The molecule has 0 aromatic carbocycles. The maximum Gasteiger partial charge on any atom is 0.291 e. The molecule has 2 rings (SSSR count). The summed E-state index contributed by atoms with van der Waals surface area (Å²) in [5, 5.41) is 6.85. The Balaban J connectivity index is 2.06. The first-order valence-electron chi connectivity index (χ1n) is 5.74. The van der Waals surface area contributed by atoms with E-state index in [0.717, 1.165) is 0 Å². The van der Waals surface area contributed by atoms with Crippen LogP contribution in [-0.4, -0.2) is 15.7 Å². The number of amides is 1. The summed E-state index contributed by atoms with van der Waals surface area (Å²) in [6, 6.07) is 3.54. The summed E-state index contributed by atoms with van der Waals surface area (Å²) in [5.74, 6) is 0.517. The Morgan fingerprint density at radius 2 is 2.33 bits per heavy atom. The van der Waals surface area contributed by atoms with Crippen LogP contribution in [0.1, 0.15) is 36.2 Å². The zero-order valence-electron chi connectivity index (χ0n) is 10.4. The van der Waals surface area contributed by atoms with Gasteiger partial charge in [0.15, 0.2) is 5.76 Å². The molecule has 6 heteroatoms. The molecule has 0 aliphatic carbocycles. The molecule has 0 aliphatic heterocycles. The number of anilines is 1. The van der Waals surface area contributed by atoms with Crippen molar-refractivity contribution in [2.45, 2.75) is 26.4 Å². The molecule has 2 aromatic rings. The van der Waals surface area contributed by atoms with Gasteiger partial charge in [0, 0.05) is 12.2 Å². The summed E-state index contributed by atoms with van der Waals surface area (Å²) >= 11 is 0. The number of nitrogens with one attached hydrogen (secondary N) is 1. The minimum absolute atomic E-state index is 0.243. The van der Waals surface area contributed by atoms with E-state index in [2.05, 4.69) is 10.4 Å². The van der Waals surface area contributed by atoms with Gasteiger partial charge in [0.2, 0.25) is 0 Å². The summed E-state index contributed by atoms with van der Waals surface area (Å²) in [4.78, 5) is 11.8. The molecule has 6 nitrogen and oxygen atoms in total. The van der Waals surface area contributed by atoms with E-state index in [9.17, 15) is 4.79 Å². The fourth-order valence-corrected chi connectivity index (χ4v) is 1.49. The lowest BCUT2D eigenvalue weighted by molar-refractivity contribution is 0.0995. The second-order valence-corrected chi connectivity index (χ2v) is 4.23. The van der Waals surface area contributed by atoms with Crippen LogP contribution in [0.2, 0.25) is 0 Å². The molecule has 0 radical (unpaired) electrons. The zero-order valence-corrected chi connectivity index (χ0v) is 10.4. The van der Waals surface area contributed by atoms with E-state index in [-0.39, 0.29) is 24.3 Å². The topological polar surface area (TPSA) is 86.1 Å². The molecule has 0 aliphatic rings. The lowest BCUT2D eigenvalue weighted by Crippen LogP contribution is -2.10. The standard InChI is InChI=1S/C12H16N4O2/c1-8(2)16-7-9(6-14-16)15-12(17)11-4-3-10(5-13)18-11/h3-4,6-8H,5,13H2,1-2H3,(H,15,17). The third kappa shape index (κ3) is 2.60. The van der Waals surface area contributed by atoms with Crippen LogP contribution < -0.4 is 11.1 Å². The van der Waals surface area contributed by atoms with Gasteiger partial charge in [-0.1, -0.05) is 0 Å². The highest BCUT2D eigenvalue weighted by Crippen LogP contribution is 2.13. The molecule has 0 saturated heterocycles. The molecule has 0 atom stereocenters. The molecule has 0 saturated carbocycles. The lowest BCUT2D eigenvalue weighted by Gasteiger charge is -2.03. The largest absolute Gasteiger partial charge is 0.455 e. The van der Waals surface area contributed by atoms with Crippen LogP contribution in [-0.2, 0) is 6.54 Å². The molecule has 0 bridgehead atoms. The minimum atomic E-state index is -0.307. The Kier molecular flexibility index (Phi) is 3.47. The first kappa shape index (κ1) is 12.4. The Morgan fingerprint density at radius 3 is 2.89 bits per heavy atom. The Labute approximate surface area is 105 Å². The lowest BCUT2D eigenvalue weighted by atomic mass is 10.4. The molecule has 2 aromatic heterocycles. The first-order chi connectivity index (χ1) is 8.60. The van der Waals surface area contributed by atoms with Crippen molar-refractivity contribution < 1.29 is 9.21 Å². The molecule has 18 heavy (non-hydrogen) atoms. The summed E-state index contributed by atoms with van der Waals surface area (Å²) in [6.45, 7) is 4.30. The second kappa shape index (κ2) is 5.05. The van der Waals surface area contributed by atoms with Gasteiger partial charge in [-0.05, 0) is 26.0 Å². The Hall–Kier alpha value is -2.08. The number of carbonyl (C=O) groups excluding carboxylic acids is 1. The number of hydrogen-bond donors (Lipinski definition) is 2.